The first-order chi connectivity index (χ1) is 9.27. The molecular weight excluding hydrogens is 242 g/mol. The quantitative estimate of drug-likeness (QED) is 0.758. The van der Waals surface area contributed by atoms with E-state index in [2.05, 4.69) is 20.8 Å². The molecule has 1 heterocycles. The van der Waals surface area contributed by atoms with Crippen LogP contribution < -0.4 is 5.32 Å². The minimum absolute atomic E-state index is 0.261. The third-order valence-electron chi connectivity index (χ3n) is 2.55. The molecule has 1 aromatic carbocycles. The van der Waals surface area contributed by atoms with Crippen LogP contribution >= 0.6 is 0 Å². The summed E-state index contributed by atoms with van der Waals surface area (Å²) in [5.41, 5.74) is 0.961. The predicted octanol–water partition coefficient (Wildman–Crippen LogP) is 1.18. The molecule has 0 fully saturated rings. The van der Waals surface area contributed by atoms with Gasteiger partial charge in [0.15, 0.2) is 5.82 Å². The molecule has 0 bridgehead atoms. The monoisotopic (exact) mass is 261 g/mol. The van der Waals surface area contributed by atoms with Crippen molar-refractivity contribution in [2.75, 3.05) is 13.2 Å². The first-order valence-corrected chi connectivity index (χ1v) is 6.42. The summed E-state index contributed by atoms with van der Waals surface area (Å²) in [5.74, 6) is 0.788. The molecular formula is C13H19N5O. The Hall–Kier alpha value is -1.79. The van der Waals surface area contributed by atoms with Gasteiger partial charge in [0.25, 0.3) is 0 Å². The average Bonchev–Trinajstić information content (AvgIpc) is 2.87. The minimum Gasteiger partial charge on any atom is -0.377 e. The number of aromatic nitrogens is 4. The number of nitrogens with one attached hydrogen (secondary N) is 1. The lowest BCUT2D eigenvalue weighted by Gasteiger charge is -2.08. The van der Waals surface area contributed by atoms with E-state index in [0.29, 0.717) is 13.2 Å². The Morgan fingerprint density at radius 2 is 2.05 bits per heavy atom. The summed E-state index contributed by atoms with van der Waals surface area (Å²) in [6.45, 7) is 6.12. The van der Waals surface area contributed by atoms with E-state index in [1.807, 2.05) is 44.2 Å². The number of para-hydroxylation sites is 1. The highest BCUT2D eigenvalue weighted by molar-refractivity contribution is 5.30. The van der Waals surface area contributed by atoms with E-state index >= 15 is 0 Å². The van der Waals surface area contributed by atoms with Crippen molar-refractivity contribution in [1.29, 1.82) is 0 Å². The fourth-order valence-corrected chi connectivity index (χ4v) is 1.65. The second-order valence-electron chi connectivity index (χ2n) is 4.44. The van der Waals surface area contributed by atoms with E-state index in [1.54, 1.807) is 4.68 Å². The van der Waals surface area contributed by atoms with Gasteiger partial charge in [0.1, 0.15) is 0 Å². The normalized spacial score (nSPS) is 11.1. The molecule has 0 unspecified atom stereocenters. The Balaban J connectivity index is 1.87. The number of rotatable bonds is 7. The first kappa shape index (κ1) is 13.6. The van der Waals surface area contributed by atoms with E-state index in [0.717, 1.165) is 18.1 Å². The fraction of sp³-hybridized carbons (Fsp3) is 0.462. The molecule has 0 atom stereocenters. The zero-order valence-corrected chi connectivity index (χ0v) is 11.3. The molecule has 6 heteroatoms. The molecule has 0 amide bonds. The summed E-state index contributed by atoms with van der Waals surface area (Å²) in [6.07, 6.45) is 0.261. The van der Waals surface area contributed by atoms with Crippen LogP contribution in [0.5, 0.6) is 0 Å². The van der Waals surface area contributed by atoms with Gasteiger partial charge in [-0.1, -0.05) is 18.2 Å². The topological polar surface area (TPSA) is 64.9 Å². The average molecular weight is 261 g/mol. The lowest BCUT2D eigenvalue weighted by atomic mass is 10.3. The van der Waals surface area contributed by atoms with Gasteiger partial charge < -0.3 is 10.1 Å². The molecule has 0 radical (unpaired) electrons. The predicted molar refractivity (Wildman–Crippen MR) is 71.9 cm³/mol. The number of hydrogen-bond donors (Lipinski definition) is 1. The Labute approximate surface area is 112 Å². The Kier molecular flexibility index (Phi) is 5.00. The van der Waals surface area contributed by atoms with Crippen molar-refractivity contribution in [3.05, 3.63) is 36.2 Å². The summed E-state index contributed by atoms with van der Waals surface area (Å²) in [6, 6.07) is 9.84. The molecule has 0 aliphatic heterocycles. The summed E-state index contributed by atoms with van der Waals surface area (Å²) in [4.78, 5) is 0. The first-order valence-electron chi connectivity index (χ1n) is 6.42. The number of nitrogens with zero attached hydrogens (tertiary/aromatic N) is 4. The molecule has 0 spiro atoms. The van der Waals surface area contributed by atoms with Crippen molar-refractivity contribution < 1.29 is 4.74 Å². The summed E-state index contributed by atoms with van der Waals surface area (Å²) in [7, 11) is 0. The van der Waals surface area contributed by atoms with E-state index in [1.165, 1.54) is 0 Å². The van der Waals surface area contributed by atoms with Crippen molar-refractivity contribution in [3.8, 4) is 5.69 Å². The van der Waals surface area contributed by atoms with Gasteiger partial charge in [0.2, 0.25) is 0 Å². The largest absolute Gasteiger partial charge is 0.377 e. The zero-order chi connectivity index (χ0) is 13.5. The highest BCUT2D eigenvalue weighted by atomic mass is 16.5. The molecule has 0 saturated carbocycles. The van der Waals surface area contributed by atoms with E-state index < -0.39 is 0 Å². The molecule has 0 aliphatic rings. The number of benzene rings is 1. The van der Waals surface area contributed by atoms with Crippen LogP contribution in [-0.4, -0.2) is 39.5 Å². The van der Waals surface area contributed by atoms with Gasteiger partial charge in [-0.05, 0) is 36.4 Å². The summed E-state index contributed by atoms with van der Waals surface area (Å²) < 4.78 is 7.19. The lowest BCUT2D eigenvalue weighted by molar-refractivity contribution is 0.0806. The van der Waals surface area contributed by atoms with Crippen LogP contribution in [0.3, 0.4) is 0 Å². The van der Waals surface area contributed by atoms with Crippen LogP contribution in [0.4, 0.5) is 0 Å². The maximum absolute atomic E-state index is 5.46. The SMILES string of the molecule is CC(C)OCCNCc1nnnn1-c1ccccc1. The third kappa shape index (κ3) is 4.11. The van der Waals surface area contributed by atoms with Gasteiger partial charge in [0, 0.05) is 6.54 Å². The maximum Gasteiger partial charge on any atom is 0.170 e. The molecule has 2 rings (SSSR count). The molecule has 0 saturated heterocycles. The Morgan fingerprint density at radius 1 is 1.26 bits per heavy atom. The number of tetrazole rings is 1. The fourth-order valence-electron chi connectivity index (χ4n) is 1.65. The summed E-state index contributed by atoms with van der Waals surface area (Å²) >= 11 is 0. The number of ether oxygens (including phenoxy) is 1. The molecule has 6 nitrogen and oxygen atoms in total. The zero-order valence-electron chi connectivity index (χ0n) is 11.3. The van der Waals surface area contributed by atoms with Gasteiger partial charge >= 0.3 is 0 Å². The van der Waals surface area contributed by atoms with Gasteiger partial charge in [-0.2, -0.15) is 4.68 Å². The standard InChI is InChI=1S/C13H19N5O/c1-11(2)19-9-8-14-10-13-15-16-17-18(13)12-6-4-3-5-7-12/h3-7,11,14H,8-10H2,1-2H3. The second kappa shape index (κ2) is 6.96. The van der Waals surface area contributed by atoms with Gasteiger partial charge in [-0.25, -0.2) is 0 Å². The second-order valence-corrected chi connectivity index (χ2v) is 4.44. The van der Waals surface area contributed by atoms with Crippen molar-refractivity contribution in [2.24, 2.45) is 0 Å². The minimum atomic E-state index is 0.261. The van der Waals surface area contributed by atoms with E-state index in [9.17, 15) is 0 Å². The third-order valence-corrected chi connectivity index (χ3v) is 2.55. The highest BCUT2D eigenvalue weighted by Crippen LogP contribution is 2.06. The lowest BCUT2D eigenvalue weighted by Crippen LogP contribution is -2.22. The van der Waals surface area contributed by atoms with Crippen LogP contribution in [0, 0.1) is 0 Å². The van der Waals surface area contributed by atoms with Crippen molar-refractivity contribution in [1.82, 2.24) is 25.5 Å². The van der Waals surface area contributed by atoms with Crippen LogP contribution in [0.25, 0.3) is 5.69 Å². The smallest absolute Gasteiger partial charge is 0.170 e. The Bertz CT molecular complexity index is 483. The van der Waals surface area contributed by atoms with E-state index in [-0.39, 0.29) is 6.10 Å². The molecule has 0 aliphatic carbocycles. The van der Waals surface area contributed by atoms with Crippen molar-refractivity contribution >= 4 is 0 Å². The van der Waals surface area contributed by atoms with Crippen molar-refractivity contribution in [2.45, 2.75) is 26.5 Å². The van der Waals surface area contributed by atoms with Gasteiger partial charge in [-0.3, -0.25) is 0 Å². The van der Waals surface area contributed by atoms with Crippen LogP contribution in [-0.2, 0) is 11.3 Å². The molecule has 1 N–H and O–H groups in total. The van der Waals surface area contributed by atoms with E-state index in [4.69, 9.17) is 4.74 Å². The molecule has 1 aromatic heterocycles. The Morgan fingerprint density at radius 3 is 2.79 bits per heavy atom. The van der Waals surface area contributed by atoms with Crippen LogP contribution in [0.1, 0.15) is 19.7 Å². The van der Waals surface area contributed by atoms with Crippen LogP contribution in [0.15, 0.2) is 30.3 Å². The molecule has 102 valence electrons. The van der Waals surface area contributed by atoms with Crippen LogP contribution in [0.2, 0.25) is 0 Å². The molecule has 2 aromatic rings. The van der Waals surface area contributed by atoms with Crippen molar-refractivity contribution in [3.63, 3.8) is 0 Å². The van der Waals surface area contributed by atoms with Gasteiger partial charge in [0.05, 0.1) is 24.9 Å². The summed E-state index contributed by atoms with van der Waals surface area (Å²) in [5, 5.41) is 15.0. The number of hydrogen-bond acceptors (Lipinski definition) is 5. The highest BCUT2D eigenvalue weighted by Gasteiger charge is 2.06. The van der Waals surface area contributed by atoms with Gasteiger partial charge in [-0.15, -0.1) is 5.10 Å². The molecule has 19 heavy (non-hydrogen) atoms. The maximum atomic E-state index is 5.46.